The first-order valence-electron chi connectivity index (χ1n) is 10.7. The smallest absolute Gasteiger partial charge is 0.127 e. The number of aliphatic hydroxyl groups excluding tert-OH is 1. The van der Waals surface area contributed by atoms with Crippen molar-refractivity contribution in [2.75, 3.05) is 0 Å². The van der Waals surface area contributed by atoms with Crippen molar-refractivity contribution in [3.63, 3.8) is 0 Å². The second-order valence-electron chi connectivity index (χ2n) is 8.34. The topological polar surface area (TPSA) is 29.5 Å². The Morgan fingerprint density at radius 3 is 2.12 bits per heavy atom. The minimum absolute atomic E-state index is 0.0167. The molecule has 1 N–H and O–H groups in total. The Morgan fingerprint density at radius 2 is 1.54 bits per heavy atom. The van der Waals surface area contributed by atoms with Crippen molar-refractivity contribution >= 4 is 0 Å². The summed E-state index contributed by atoms with van der Waals surface area (Å²) in [6.45, 7) is 4.51. The molecule has 0 aromatic rings. The summed E-state index contributed by atoms with van der Waals surface area (Å²) in [5.41, 5.74) is 0. The van der Waals surface area contributed by atoms with Crippen LogP contribution in [0.3, 0.4) is 0 Å². The molecule has 2 aliphatic rings. The van der Waals surface area contributed by atoms with E-state index >= 15 is 0 Å². The molecular formula is C22H40O2. The summed E-state index contributed by atoms with van der Waals surface area (Å²) in [5.74, 6) is 1.58. The molecule has 0 spiro atoms. The number of allylic oxidation sites excluding steroid dienone is 1. The monoisotopic (exact) mass is 336 g/mol. The number of aliphatic hydroxyl groups is 1. The summed E-state index contributed by atoms with van der Waals surface area (Å²) >= 11 is 0. The molecule has 2 nitrogen and oxygen atoms in total. The summed E-state index contributed by atoms with van der Waals surface area (Å²) in [6.07, 6.45) is 20.3. The van der Waals surface area contributed by atoms with E-state index in [4.69, 9.17) is 4.74 Å². The quantitative estimate of drug-likeness (QED) is 0.505. The molecule has 0 aliphatic heterocycles. The minimum atomic E-state index is -0.274. The zero-order valence-corrected chi connectivity index (χ0v) is 16.1. The molecule has 2 rings (SSSR count). The van der Waals surface area contributed by atoms with Gasteiger partial charge in [0.1, 0.15) is 6.10 Å². The SMILES string of the molecule is CCCCC(C)/C=C\O[C@H](C1CCCCC1)[C@H](O)C1CCCCC1. The van der Waals surface area contributed by atoms with E-state index in [9.17, 15) is 5.11 Å². The molecule has 2 aliphatic carbocycles. The van der Waals surface area contributed by atoms with Gasteiger partial charge in [-0.2, -0.15) is 0 Å². The van der Waals surface area contributed by atoms with Crippen molar-refractivity contribution in [1.82, 2.24) is 0 Å². The van der Waals surface area contributed by atoms with Gasteiger partial charge in [-0.05, 0) is 55.9 Å². The highest BCUT2D eigenvalue weighted by molar-refractivity contribution is 4.89. The summed E-state index contributed by atoms with van der Waals surface area (Å²) in [4.78, 5) is 0. The van der Waals surface area contributed by atoms with Crippen LogP contribution in [0.25, 0.3) is 0 Å². The van der Waals surface area contributed by atoms with Gasteiger partial charge in [-0.1, -0.05) is 65.2 Å². The van der Waals surface area contributed by atoms with Gasteiger partial charge in [0.15, 0.2) is 0 Å². The van der Waals surface area contributed by atoms with Crippen LogP contribution < -0.4 is 0 Å². The van der Waals surface area contributed by atoms with Crippen molar-refractivity contribution in [2.45, 2.75) is 110 Å². The molecule has 140 valence electrons. The average molecular weight is 337 g/mol. The van der Waals surface area contributed by atoms with Crippen LogP contribution in [-0.4, -0.2) is 17.3 Å². The van der Waals surface area contributed by atoms with Gasteiger partial charge in [-0.25, -0.2) is 0 Å². The van der Waals surface area contributed by atoms with Gasteiger partial charge in [-0.3, -0.25) is 0 Å². The molecule has 1 unspecified atom stereocenters. The molecule has 2 fully saturated rings. The largest absolute Gasteiger partial charge is 0.495 e. The molecule has 0 radical (unpaired) electrons. The van der Waals surface area contributed by atoms with Gasteiger partial charge in [0, 0.05) is 0 Å². The Labute approximate surface area is 150 Å². The molecule has 0 aromatic heterocycles. The number of rotatable bonds is 9. The Balaban J connectivity index is 1.92. The van der Waals surface area contributed by atoms with E-state index in [1.54, 1.807) is 0 Å². The molecule has 24 heavy (non-hydrogen) atoms. The van der Waals surface area contributed by atoms with Crippen LogP contribution >= 0.6 is 0 Å². The molecule has 0 heterocycles. The fourth-order valence-corrected chi connectivity index (χ4v) is 4.57. The first kappa shape index (κ1) is 19.8. The van der Waals surface area contributed by atoms with E-state index in [0.29, 0.717) is 17.8 Å². The van der Waals surface area contributed by atoms with Crippen LogP contribution in [0.2, 0.25) is 0 Å². The highest BCUT2D eigenvalue weighted by Gasteiger charge is 2.35. The summed E-state index contributed by atoms with van der Waals surface area (Å²) in [6, 6.07) is 0. The lowest BCUT2D eigenvalue weighted by molar-refractivity contribution is -0.0691. The normalized spacial score (nSPS) is 24.8. The molecular weight excluding hydrogens is 296 g/mol. The lowest BCUT2D eigenvalue weighted by Crippen LogP contribution is -2.41. The minimum Gasteiger partial charge on any atom is -0.495 e. The van der Waals surface area contributed by atoms with E-state index in [2.05, 4.69) is 19.9 Å². The first-order chi connectivity index (χ1) is 11.7. The van der Waals surface area contributed by atoms with Crippen LogP contribution in [0.4, 0.5) is 0 Å². The van der Waals surface area contributed by atoms with Gasteiger partial charge < -0.3 is 9.84 Å². The van der Waals surface area contributed by atoms with E-state index in [-0.39, 0.29) is 12.2 Å². The van der Waals surface area contributed by atoms with Crippen LogP contribution in [0, 0.1) is 17.8 Å². The van der Waals surface area contributed by atoms with Crippen LogP contribution in [0.5, 0.6) is 0 Å². The van der Waals surface area contributed by atoms with Crippen LogP contribution in [0.1, 0.15) is 97.3 Å². The van der Waals surface area contributed by atoms with Gasteiger partial charge in [-0.15, -0.1) is 0 Å². The predicted molar refractivity (Wildman–Crippen MR) is 102 cm³/mol. The molecule has 2 saturated carbocycles. The van der Waals surface area contributed by atoms with Gasteiger partial charge >= 0.3 is 0 Å². The number of hydrogen-bond donors (Lipinski definition) is 1. The number of ether oxygens (including phenoxy) is 1. The third kappa shape index (κ3) is 6.43. The van der Waals surface area contributed by atoms with E-state index in [1.807, 2.05) is 6.26 Å². The van der Waals surface area contributed by atoms with E-state index in [1.165, 1.54) is 83.5 Å². The Kier molecular flexibility index (Phi) is 9.23. The Hall–Kier alpha value is -0.500. The van der Waals surface area contributed by atoms with Crippen LogP contribution in [-0.2, 0) is 4.74 Å². The lowest BCUT2D eigenvalue weighted by Gasteiger charge is -2.37. The fraction of sp³-hybridized carbons (Fsp3) is 0.909. The standard InChI is InChI=1S/C22H40O2/c1-3-4-11-18(2)16-17-24-22(20-14-9-6-10-15-20)21(23)19-12-7-5-8-13-19/h16-23H,3-15H2,1-2H3/b17-16-/t18?,21-,22-/m1/s1. The Bertz CT molecular complexity index is 340. The van der Waals surface area contributed by atoms with Crippen molar-refractivity contribution in [3.8, 4) is 0 Å². The highest BCUT2D eigenvalue weighted by Crippen LogP contribution is 2.35. The average Bonchev–Trinajstić information content (AvgIpc) is 2.64. The summed E-state index contributed by atoms with van der Waals surface area (Å²) in [5, 5.41) is 11.0. The molecule has 0 amide bonds. The second kappa shape index (κ2) is 11.2. The summed E-state index contributed by atoms with van der Waals surface area (Å²) in [7, 11) is 0. The Morgan fingerprint density at radius 1 is 0.958 bits per heavy atom. The highest BCUT2D eigenvalue weighted by atomic mass is 16.5. The maximum absolute atomic E-state index is 11.0. The predicted octanol–water partition coefficient (Wildman–Crippen LogP) is 6.23. The second-order valence-corrected chi connectivity index (χ2v) is 8.34. The third-order valence-corrected chi connectivity index (χ3v) is 6.24. The zero-order valence-electron chi connectivity index (χ0n) is 16.1. The van der Waals surface area contributed by atoms with Crippen LogP contribution in [0.15, 0.2) is 12.3 Å². The molecule has 0 saturated heterocycles. The molecule has 0 aromatic carbocycles. The van der Waals surface area contributed by atoms with Crippen molar-refractivity contribution in [3.05, 3.63) is 12.3 Å². The number of unbranched alkanes of at least 4 members (excludes halogenated alkanes) is 1. The lowest BCUT2D eigenvalue weighted by atomic mass is 9.76. The van der Waals surface area contributed by atoms with E-state index in [0.717, 1.165) is 0 Å². The molecule has 2 heteroatoms. The maximum Gasteiger partial charge on any atom is 0.127 e. The van der Waals surface area contributed by atoms with Crippen molar-refractivity contribution in [2.24, 2.45) is 17.8 Å². The maximum atomic E-state index is 11.0. The van der Waals surface area contributed by atoms with E-state index < -0.39 is 0 Å². The van der Waals surface area contributed by atoms with Gasteiger partial charge in [0.25, 0.3) is 0 Å². The summed E-state index contributed by atoms with van der Waals surface area (Å²) < 4.78 is 6.22. The van der Waals surface area contributed by atoms with Crippen molar-refractivity contribution < 1.29 is 9.84 Å². The zero-order chi connectivity index (χ0) is 17.2. The fourth-order valence-electron chi connectivity index (χ4n) is 4.57. The van der Waals surface area contributed by atoms with Gasteiger partial charge in [0.2, 0.25) is 0 Å². The van der Waals surface area contributed by atoms with Crippen molar-refractivity contribution in [1.29, 1.82) is 0 Å². The first-order valence-corrected chi connectivity index (χ1v) is 10.7. The number of hydrogen-bond acceptors (Lipinski definition) is 2. The molecule has 0 bridgehead atoms. The molecule has 3 atom stereocenters. The third-order valence-electron chi connectivity index (χ3n) is 6.24. The van der Waals surface area contributed by atoms with Gasteiger partial charge in [0.05, 0.1) is 12.4 Å².